The summed E-state index contributed by atoms with van der Waals surface area (Å²) in [5.41, 5.74) is 0. The number of aliphatic hydroxyl groups excluding tert-OH is 8. The molecule has 0 aliphatic rings. The van der Waals surface area contributed by atoms with Crippen molar-refractivity contribution in [1.29, 1.82) is 0 Å². The van der Waals surface area contributed by atoms with Crippen molar-refractivity contribution in [3.8, 4) is 0 Å². The summed E-state index contributed by atoms with van der Waals surface area (Å²) in [6.07, 6.45) is 16.3. The predicted octanol–water partition coefficient (Wildman–Crippen LogP) is 6.23. The van der Waals surface area contributed by atoms with Gasteiger partial charge in [-0.3, -0.25) is 0 Å². The van der Waals surface area contributed by atoms with E-state index >= 15 is 0 Å². The first-order chi connectivity index (χ1) is 19.3. The van der Waals surface area contributed by atoms with Gasteiger partial charge in [-0.2, -0.15) is 0 Å². The minimum Gasteiger partial charge on any atom is -0.396 e. The fourth-order valence-corrected chi connectivity index (χ4v) is 1.26. The molecule has 0 aliphatic carbocycles. The summed E-state index contributed by atoms with van der Waals surface area (Å²) in [4.78, 5) is 0. The zero-order chi connectivity index (χ0) is 33.0. The second-order valence-corrected chi connectivity index (χ2v) is 8.62. The molecular formula is C32H80O8Zr2. The maximum absolute atomic E-state index is 8.07. The summed E-state index contributed by atoms with van der Waals surface area (Å²) in [5, 5.41) is 64.5. The fraction of sp³-hybridized carbons (Fsp3) is 1.00. The smallest absolute Gasteiger partial charge is 0.0430 e. The monoisotopic (exact) mass is 772 g/mol. The Morgan fingerprint density at radius 3 is 0.286 bits per heavy atom. The Morgan fingerprint density at radius 1 is 0.214 bits per heavy atom. The maximum atomic E-state index is 8.07. The molecule has 0 heterocycles. The molecule has 0 aromatic rings. The van der Waals surface area contributed by atoms with Gasteiger partial charge in [-0.25, -0.2) is 0 Å². The normalized spacial score (nSPS) is 8.00. The molecule has 0 aromatic heterocycles. The van der Waals surface area contributed by atoms with E-state index in [-0.39, 0.29) is 52.4 Å². The van der Waals surface area contributed by atoms with E-state index in [0.29, 0.717) is 52.9 Å². The van der Waals surface area contributed by atoms with Crippen LogP contribution in [-0.4, -0.2) is 93.7 Å². The van der Waals surface area contributed by atoms with Crippen LogP contribution in [0.3, 0.4) is 0 Å². The molecule has 0 amide bonds. The molecule has 42 heavy (non-hydrogen) atoms. The van der Waals surface area contributed by atoms with Crippen molar-refractivity contribution >= 4 is 0 Å². The van der Waals surface area contributed by atoms with Gasteiger partial charge in [0.05, 0.1) is 0 Å². The molecule has 0 saturated heterocycles. The molecule has 264 valence electrons. The van der Waals surface area contributed by atoms with Crippen LogP contribution in [0.15, 0.2) is 0 Å². The molecule has 0 bridgehead atoms. The van der Waals surface area contributed by atoms with Gasteiger partial charge in [0.15, 0.2) is 0 Å². The van der Waals surface area contributed by atoms with E-state index in [9.17, 15) is 0 Å². The van der Waals surface area contributed by atoms with Crippen molar-refractivity contribution < 1.29 is 93.3 Å². The van der Waals surface area contributed by atoms with E-state index in [1.54, 1.807) is 0 Å². The van der Waals surface area contributed by atoms with Gasteiger partial charge in [-0.15, -0.1) is 0 Å². The molecule has 10 heteroatoms. The maximum Gasteiger partial charge on any atom is 0.0430 e. The second-order valence-electron chi connectivity index (χ2n) is 8.62. The first kappa shape index (κ1) is 70.0. The standard InChI is InChI=1S/8C4H10O.2Zr/c8*1-2-3-4-5;;/h8*5H,2-4H2,1H3;;. The largest absolute Gasteiger partial charge is 0.396 e. The molecule has 0 radical (unpaired) electrons. The molecule has 0 rings (SSSR count). The minimum absolute atomic E-state index is 0. The third kappa shape index (κ3) is 223. The van der Waals surface area contributed by atoms with Crippen LogP contribution >= 0.6 is 0 Å². The van der Waals surface area contributed by atoms with Gasteiger partial charge in [0.1, 0.15) is 0 Å². The van der Waals surface area contributed by atoms with Gasteiger partial charge in [0, 0.05) is 105 Å². The van der Waals surface area contributed by atoms with Crippen molar-refractivity contribution in [1.82, 2.24) is 0 Å². The molecule has 0 saturated carbocycles. The molecule has 0 spiro atoms. The number of hydrogen-bond acceptors (Lipinski definition) is 8. The molecule has 8 nitrogen and oxygen atoms in total. The third-order valence-electron chi connectivity index (χ3n) is 4.09. The first-order valence-electron chi connectivity index (χ1n) is 16.2. The number of unbranched alkanes of at least 4 members (excludes halogenated alkanes) is 8. The number of aliphatic hydroxyl groups is 8. The van der Waals surface area contributed by atoms with E-state index < -0.39 is 0 Å². The van der Waals surface area contributed by atoms with Gasteiger partial charge in [0.25, 0.3) is 0 Å². The van der Waals surface area contributed by atoms with Gasteiger partial charge in [0.2, 0.25) is 0 Å². The summed E-state index contributed by atoms with van der Waals surface area (Å²) >= 11 is 0. The van der Waals surface area contributed by atoms with Gasteiger partial charge >= 0.3 is 0 Å². The Balaban J connectivity index is -0.0000000346. The second kappa shape index (κ2) is 113. The Morgan fingerprint density at radius 2 is 0.286 bits per heavy atom. The van der Waals surface area contributed by atoms with E-state index in [1.807, 2.05) is 0 Å². The summed E-state index contributed by atoms with van der Waals surface area (Å²) in [6.45, 7) is 19.2. The van der Waals surface area contributed by atoms with Crippen LogP contribution in [0.5, 0.6) is 0 Å². The Labute approximate surface area is 302 Å². The molecule has 0 atom stereocenters. The summed E-state index contributed by atoms with van der Waals surface area (Å²) in [7, 11) is 0. The van der Waals surface area contributed by atoms with Crippen LogP contribution in [-0.2, 0) is 52.4 Å². The summed E-state index contributed by atoms with van der Waals surface area (Å²) in [6, 6.07) is 0. The molecule has 8 N–H and O–H groups in total. The average molecular weight is 775 g/mol. The molecule has 0 aromatic carbocycles. The van der Waals surface area contributed by atoms with Crippen LogP contribution in [0.4, 0.5) is 0 Å². The SMILES string of the molecule is CCCCO.CCCCO.CCCCO.CCCCO.CCCCO.CCCCO.CCCCO.CCCCO.[Zr].[Zr]. The zero-order valence-corrected chi connectivity index (χ0v) is 34.5. The van der Waals surface area contributed by atoms with Crippen LogP contribution in [0.2, 0.25) is 0 Å². The van der Waals surface area contributed by atoms with Gasteiger partial charge < -0.3 is 40.9 Å². The molecule has 0 fully saturated rings. The Bertz CT molecular complexity index is 173. The quantitative estimate of drug-likeness (QED) is 0.0917. The Kier molecular flexibility index (Phi) is 188. The van der Waals surface area contributed by atoms with Crippen molar-refractivity contribution in [2.45, 2.75) is 158 Å². The first-order valence-corrected chi connectivity index (χ1v) is 16.2. The van der Waals surface area contributed by atoms with Crippen molar-refractivity contribution in [2.24, 2.45) is 0 Å². The van der Waals surface area contributed by atoms with Gasteiger partial charge in [-0.1, -0.05) is 107 Å². The van der Waals surface area contributed by atoms with E-state index in [2.05, 4.69) is 55.4 Å². The van der Waals surface area contributed by atoms with E-state index in [4.69, 9.17) is 40.9 Å². The summed E-state index contributed by atoms with van der Waals surface area (Å²) < 4.78 is 0. The molecule has 0 unspecified atom stereocenters. The van der Waals surface area contributed by atoms with Crippen LogP contribution in [0, 0.1) is 0 Å². The average Bonchev–Trinajstić information content (AvgIpc) is 2.95. The summed E-state index contributed by atoms with van der Waals surface area (Å²) in [5.74, 6) is 0. The van der Waals surface area contributed by atoms with E-state index in [1.165, 1.54) is 0 Å². The third-order valence-corrected chi connectivity index (χ3v) is 4.09. The minimum atomic E-state index is 0. The molecule has 0 aliphatic heterocycles. The Hall–Kier alpha value is 1.45. The predicted molar refractivity (Wildman–Crippen MR) is 176 cm³/mol. The van der Waals surface area contributed by atoms with Crippen molar-refractivity contribution in [2.75, 3.05) is 52.9 Å². The van der Waals surface area contributed by atoms with Crippen molar-refractivity contribution in [3.63, 3.8) is 0 Å². The van der Waals surface area contributed by atoms with Crippen LogP contribution in [0.25, 0.3) is 0 Å². The van der Waals surface area contributed by atoms with Crippen LogP contribution in [0.1, 0.15) is 158 Å². The fourth-order valence-electron chi connectivity index (χ4n) is 1.26. The topological polar surface area (TPSA) is 162 Å². The van der Waals surface area contributed by atoms with Crippen molar-refractivity contribution in [3.05, 3.63) is 0 Å². The van der Waals surface area contributed by atoms with Crippen LogP contribution < -0.4 is 0 Å². The van der Waals surface area contributed by atoms with E-state index in [0.717, 1.165) is 103 Å². The molecular weight excluding hydrogens is 695 g/mol. The number of hydrogen-bond donors (Lipinski definition) is 8. The van der Waals surface area contributed by atoms with Gasteiger partial charge in [-0.05, 0) is 51.4 Å². The number of rotatable bonds is 16. The zero-order valence-electron chi connectivity index (χ0n) is 29.5.